The summed E-state index contributed by atoms with van der Waals surface area (Å²) in [6.07, 6.45) is -3.00. The SMILES string of the molecule is COc1nc(=O)n(-c2cccnc2C)c2cc(C(F)(F)F)ccc12. The van der Waals surface area contributed by atoms with Gasteiger partial charge in [0, 0.05) is 6.20 Å². The predicted octanol–water partition coefficient (Wildman–Crippen LogP) is 3.12. The Labute approximate surface area is 134 Å². The minimum Gasteiger partial charge on any atom is -0.480 e. The van der Waals surface area contributed by atoms with Crippen molar-refractivity contribution in [1.82, 2.24) is 14.5 Å². The topological polar surface area (TPSA) is 57.0 Å². The van der Waals surface area contributed by atoms with Crippen LogP contribution in [0.3, 0.4) is 0 Å². The molecular formula is C16H12F3N3O2. The van der Waals surface area contributed by atoms with Crippen LogP contribution in [0.5, 0.6) is 5.88 Å². The van der Waals surface area contributed by atoms with Crippen LogP contribution in [0.15, 0.2) is 41.3 Å². The molecule has 24 heavy (non-hydrogen) atoms. The monoisotopic (exact) mass is 335 g/mol. The van der Waals surface area contributed by atoms with E-state index in [1.165, 1.54) is 19.4 Å². The van der Waals surface area contributed by atoms with Gasteiger partial charge >= 0.3 is 11.9 Å². The Kier molecular flexibility index (Phi) is 3.75. The average Bonchev–Trinajstić information content (AvgIpc) is 2.54. The maximum absolute atomic E-state index is 13.1. The molecule has 1 aromatic carbocycles. The zero-order valence-electron chi connectivity index (χ0n) is 12.8. The summed E-state index contributed by atoms with van der Waals surface area (Å²) in [6.45, 7) is 1.66. The molecule has 0 fully saturated rings. The molecule has 124 valence electrons. The quantitative estimate of drug-likeness (QED) is 0.722. The molecule has 3 rings (SSSR count). The van der Waals surface area contributed by atoms with Gasteiger partial charge in [0.05, 0.1) is 35.0 Å². The number of methoxy groups -OCH3 is 1. The van der Waals surface area contributed by atoms with E-state index in [-0.39, 0.29) is 11.4 Å². The zero-order chi connectivity index (χ0) is 17.5. The lowest BCUT2D eigenvalue weighted by Crippen LogP contribution is -2.23. The Hall–Kier alpha value is -2.90. The second kappa shape index (κ2) is 5.63. The van der Waals surface area contributed by atoms with E-state index in [0.29, 0.717) is 16.8 Å². The highest BCUT2D eigenvalue weighted by Crippen LogP contribution is 2.33. The number of rotatable bonds is 2. The summed E-state index contributed by atoms with van der Waals surface area (Å²) in [6, 6.07) is 6.27. The summed E-state index contributed by atoms with van der Waals surface area (Å²) >= 11 is 0. The Morgan fingerprint density at radius 3 is 2.58 bits per heavy atom. The van der Waals surface area contributed by atoms with Gasteiger partial charge in [0.25, 0.3) is 0 Å². The van der Waals surface area contributed by atoms with Crippen molar-refractivity contribution in [2.24, 2.45) is 0 Å². The van der Waals surface area contributed by atoms with Gasteiger partial charge in [-0.15, -0.1) is 0 Å². The third kappa shape index (κ3) is 2.60. The molecule has 2 aromatic heterocycles. The molecule has 0 spiro atoms. The van der Waals surface area contributed by atoms with E-state index in [2.05, 4.69) is 9.97 Å². The summed E-state index contributed by atoms with van der Waals surface area (Å²) in [5, 5.41) is 0.299. The summed E-state index contributed by atoms with van der Waals surface area (Å²) in [5.74, 6) is -0.0264. The lowest BCUT2D eigenvalue weighted by Gasteiger charge is -2.15. The van der Waals surface area contributed by atoms with Crippen LogP contribution < -0.4 is 10.4 Å². The molecule has 0 unspecified atom stereocenters. The van der Waals surface area contributed by atoms with Crippen LogP contribution >= 0.6 is 0 Å². The van der Waals surface area contributed by atoms with Crippen LogP contribution in [-0.4, -0.2) is 21.6 Å². The largest absolute Gasteiger partial charge is 0.480 e. The Balaban J connectivity index is 2.46. The molecule has 0 aliphatic rings. The first-order valence-corrected chi connectivity index (χ1v) is 6.93. The first kappa shape index (κ1) is 16.0. The molecule has 0 aliphatic heterocycles. The van der Waals surface area contributed by atoms with E-state index >= 15 is 0 Å². The van der Waals surface area contributed by atoms with Gasteiger partial charge in [-0.05, 0) is 37.3 Å². The highest BCUT2D eigenvalue weighted by Gasteiger charge is 2.31. The number of halogens is 3. The fourth-order valence-electron chi connectivity index (χ4n) is 2.47. The summed E-state index contributed by atoms with van der Waals surface area (Å²) in [7, 11) is 1.30. The molecule has 0 amide bonds. The van der Waals surface area contributed by atoms with Gasteiger partial charge in [-0.1, -0.05) is 0 Å². The van der Waals surface area contributed by atoms with Crippen LogP contribution in [0, 0.1) is 6.92 Å². The number of hydrogen-bond donors (Lipinski definition) is 0. The molecular weight excluding hydrogens is 323 g/mol. The molecule has 0 radical (unpaired) electrons. The van der Waals surface area contributed by atoms with Crippen molar-refractivity contribution in [3.63, 3.8) is 0 Å². The molecule has 0 saturated carbocycles. The molecule has 0 bridgehead atoms. The molecule has 5 nitrogen and oxygen atoms in total. The predicted molar refractivity (Wildman–Crippen MR) is 81.4 cm³/mol. The first-order valence-electron chi connectivity index (χ1n) is 6.93. The summed E-state index contributed by atoms with van der Waals surface area (Å²) < 4.78 is 45.3. The summed E-state index contributed by atoms with van der Waals surface area (Å²) in [4.78, 5) is 20.3. The minimum atomic E-state index is -4.53. The number of benzene rings is 1. The number of aryl methyl sites for hydroxylation is 1. The number of hydrogen-bond acceptors (Lipinski definition) is 4. The highest BCUT2D eigenvalue weighted by molar-refractivity contribution is 5.86. The number of ether oxygens (including phenoxy) is 1. The third-order valence-corrected chi connectivity index (χ3v) is 3.60. The van der Waals surface area contributed by atoms with Crippen molar-refractivity contribution in [2.75, 3.05) is 7.11 Å². The maximum atomic E-state index is 13.1. The average molecular weight is 335 g/mol. The van der Waals surface area contributed by atoms with Gasteiger partial charge in [0.15, 0.2) is 0 Å². The van der Waals surface area contributed by atoms with Gasteiger partial charge in [0.2, 0.25) is 5.88 Å². The normalized spacial score (nSPS) is 11.7. The molecule has 0 N–H and O–H groups in total. The van der Waals surface area contributed by atoms with Gasteiger partial charge in [-0.2, -0.15) is 18.2 Å². The summed E-state index contributed by atoms with van der Waals surface area (Å²) in [5.41, 5.74) is -0.697. The fraction of sp³-hybridized carbons (Fsp3) is 0.188. The van der Waals surface area contributed by atoms with E-state index < -0.39 is 17.4 Å². The van der Waals surface area contributed by atoms with E-state index in [9.17, 15) is 18.0 Å². The van der Waals surface area contributed by atoms with Crippen molar-refractivity contribution in [2.45, 2.75) is 13.1 Å². The number of alkyl halides is 3. The zero-order valence-corrected chi connectivity index (χ0v) is 12.8. The van der Waals surface area contributed by atoms with Crippen molar-refractivity contribution < 1.29 is 17.9 Å². The van der Waals surface area contributed by atoms with Crippen LogP contribution in [0.25, 0.3) is 16.6 Å². The molecule has 8 heteroatoms. The lowest BCUT2D eigenvalue weighted by atomic mass is 10.1. The number of pyridine rings is 1. The number of fused-ring (bicyclic) bond motifs is 1. The van der Waals surface area contributed by atoms with E-state index in [1.807, 2.05) is 0 Å². The lowest BCUT2D eigenvalue weighted by molar-refractivity contribution is -0.137. The van der Waals surface area contributed by atoms with Crippen molar-refractivity contribution in [3.8, 4) is 11.6 Å². The van der Waals surface area contributed by atoms with Gasteiger partial charge < -0.3 is 4.74 Å². The maximum Gasteiger partial charge on any atom is 0.416 e. The van der Waals surface area contributed by atoms with Crippen LogP contribution in [0.2, 0.25) is 0 Å². The van der Waals surface area contributed by atoms with Crippen LogP contribution in [0.4, 0.5) is 13.2 Å². The van der Waals surface area contributed by atoms with Crippen LogP contribution in [-0.2, 0) is 6.18 Å². The Morgan fingerprint density at radius 1 is 1.21 bits per heavy atom. The second-order valence-corrected chi connectivity index (χ2v) is 5.08. The molecule has 0 aliphatic carbocycles. The number of aromatic nitrogens is 3. The smallest absolute Gasteiger partial charge is 0.416 e. The molecule has 3 aromatic rings. The van der Waals surface area contributed by atoms with E-state index in [4.69, 9.17) is 4.74 Å². The molecule has 2 heterocycles. The van der Waals surface area contributed by atoms with Gasteiger partial charge in [0.1, 0.15) is 0 Å². The van der Waals surface area contributed by atoms with Crippen LogP contribution in [0.1, 0.15) is 11.3 Å². The standard InChI is InChI=1S/C16H12F3N3O2/c1-9-12(4-3-7-20-9)22-13-8-10(16(17,18)19)5-6-11(13)14(24-2)21-15(22)23/h3-8H,1-2H3. The Bertz CT molecular complexity index is 980. The van der Waals surface area contributed by atoms with Gasteiger partial charge in [-0.25, -0.2) is 4.79 Å². The first-order chi connectivity index (χ1) is 11.3. The molecule has 0 atom stereocenters. The van der Waals surface area contributed by atoms with Crippen molar-refractivity contribution >= 4 is 10.9 Å². The van der Waals surface area contributed by atoms with E-state index in [1.54, 1.807) is 19.1 Å². The number of nitrogens with zero attached hydrogens (tertiary/aromatic N) is 3. The minimum absolute atomic E-state index is 0.0264. The van der Waals surface area contributed by atoms with E-state index in [0.717, 1.165) is 16.7 Å². The Morgan fingerprint density at radius 2 is 1.96 bits per heavy atom. The highest BCUT2D eigenvalue weighted by atomic mass is 19.4. The third-order valence-electron chi connectivity index (χ3n) is 3.60. The second-order valence-electron chi connectivity index (χ2n) is 5.08. The van der Waals surface area contributed by atoms with Crippen molar-refractivity contribution in [3.05, 3.63) is 58.3 Å². The van der Waals surface area contributed by atoms with Gasteiger partial charge in [-0.3, -0.25) is 9.55 Å². The fourth-order valence-corrected chi connectivity index (χ4v) is 2.47. The molecule has 0 saturated heterocycles. The van der Waals surface area contributed by atoms with Crippen molar-refractivity contribution in [1.29, 1.82) is 0 Å².